The summed E-state index contributed by atoms with van der Waals surface area (Å²) in [4.78, 5) is 11.2. The maximum Gasteiger partial charge on any atom is 0.236 e. The summed E-state index contributed by atoms with van der Waals surface area (Å²) in [7, 11) is 1.49. The maximum atomic E-state index is 13.3. The van der Waals surface area contributed by atoms with Gasteiger partial charge in [-0.1, -0.05) is 0 Å². The quantitative estimate of drug-likeness (QED) is 0.729. The van der Waals surface area contributed by atoms with Crippen molar-refractivity contribution in [3.05, 3.63) is 35.4 Å². The fourth-order valence-electron chi connectivity index (χ4n) is 1.48. The number of hydrogen-bond donors (Lipinski definition) is 3. The van der Waals surface area contributed by atoms with Crippen molar-refractivity contribution < 1.29 is 18.7 Å². The second kappa shape index (κ2) is 6.42. The third-order valence-corrected chi connectivity index (χ3v) is 2.57. The van der Waals surface area contributed by atoms with Crippen LogP contribution >= 0.6 is 0 Å². The number of aliphatic hydroxyl groups is 1. The van der Waals surface area contributed by atoms with Crippen LogP contribution in [0.15, 0.2) is 18.2 Å². The van der Waals surface area contributed by atoms with Crippen molar-refractivity contribution in [2.24, 2.45) is 0 Å². The first-order valence-corrected chi connectivity index (χ1v) is 5.53. The number of aliphatic hydroxyl groups excluding tert-OH is 1. The van der Waals surface area contributed by atoms with E-state index in [0.717, 1.165) is 18.2 Å². The Labute approximate surface area is 104 Å². The minimum absolute atomic E-state index is 0.0467. The van der Waals surface area contributed by atoms with Crippen molar-refractivity contribution in [3.63, 3.8) is 0 Å². The van der Waals surface area contributed by atoms with E-state index in [9.17, 15) is 18.7 Å². The average molecular weight is 258 g/mol. The molecule has 1 aromatic carbocycles. The van der Waals surface area contributed by atoms with Gasteiger partial charge in [0, 0.05) is 19.2 Å². The van der Waals surface area contributed by atoms with E-state index in [1.807, 2.05) is 0 Å². The zero-order valence-electron chi connectivity index (χ0n) is 10.2. The van der Waals surface area contributed by atoms with Gasteiger partial charge in [-0.25, -0.2) is 8.78 Å². The van der Waals surface area contributed by atoms with E-state index in [1.54, 1.807) is 6.92 Å². The summed E-state index contributed by atoms with van der Waals surface area (Å²) in [5.41, 5.74) is -0.133. The molecule has 0 bridgehead atoms. The normalized spacial score (nSPS) is 14.1. The molecule has 3 N–H and O–H groups in total. The summed E-state index contributed by atoms with van der Waals surface area (Å²) in [6.07, 6.45) is -1.21. The van der Waals surface area contributed by atoms with E-state index in [4.69, 9.17) is 0 Å². The smallest absolute Gasteiger partial charge is 0.236 e. The van der Waals surface area contributed by atoms with Crippen molar-refractivity contribution in [1.82, 2.24) is 10.6 Å². The molecule has 0 radical (unpaired) electrons. The lowest BCUT2D eigenvalue weighted by molar-refractivity contribution is -0.122. The number of likely N-dealkylation sites (N-methyl/N-ethyl adjacent to an activating group) is 1. The number of nitrogens with one attached hydrogen (secondary N) is 2. The van der Waals surface area contributed by atoms with Crippen LogP contribution in [0.4, 0.5) is 8.78 Å². The number of amides is 1. The molecule has 0 aromatic heterocycles. The van der Waals surface area contributed by atoms with E-state index in [-0.39, 0.29) is 18.0 Å². The number of benzene rings is 1. The highest BCUT2D eigenvalue weighted by molar-refractivity contribution is 5.80. The molecule has 6 heteroatoms. The van der Waals surface area contributed by atoms with Crippen molar-refractivity contribution >= 4 is 5.91 Å². The molecule has 0 aliphatic carbocycles. The van der Waals surface area contributed by atoms with Crippen LogP contribution in [-0.4, -0.2) is 30.6 Å². The number of rotatable bonds is 5. The molecule has 1 amide bonds. The molecule has 2 atom stereocenters. The molecule has 0 fully saturated rings. The van der Waals surface area contributed by atoms with Crippen molar-refractivity contribution in [2.45, 2.75) is 19.1 Å². The summed E-state index contributed by atoms with van der Waals surface area (Å²) in [6.45, 7) is 1.56. The van der Waals surface area contributed by atoms with Gasteiger partial charge in [-0.15, -0.1) is 0 Å². The summed E-state index contributed by atoms with van der Waals surface area (Å²) in [5.74, 6) is -1.55. The van der Waals surface area contributed by atoms with Crippen LogP contribution in [0.2, 0.25) is 0 Å². The highest BCUT2D eigenvalue weighted by Crippen LogP contribution is 2.17. The molecule has 0 saturated heterocycles. The third-order valence-electron chi connectivity index (χ3n) is 2.57. The van der Waals surface area contributed by atoms with Gasteiger partial charge in [0.2, 0.25) is 5.91 Å². The lowest BCUT2D eigenvalue weighted by Gasteiger charge is -2.16. The first kappa shape index (κ1) is 14.5. The van der Waals surface area contributed by atoms with Gasteiger partial charge in [0.1, 0.15) is 11.6 Å². The molecule has 4 nitrogen and oxygen atoms in total. The zero-order valence-corrected chi connectivity index (χ0v) is 10.2. The Morgan fingerprint density at radius 2 is 2.11 bits per heavy atom. The molecule has 0 spiro atoms. The van der Waals surface area contributed by atoms with Gasteiger partial charge in [-0.05, 0) is 25.1 Å². The van der Waals surface area contributed by atoms with E-state index in [2.05, 4.69) is 10.6 Å². The van der Waals surface area contributed by atoms with Gasteiger partial charge in [-0.3, -0.25) is 4.79 Å². The van der Waals surface area contributed by atoms with Crippen LogP contribution in [0.5, 0.6) is 0 Å². The molecular formula is C12H16F2N2O2. The molecule has 0 aliphatic rings. The van der Waals surface area contributed by atoms with Crippen LogP contribution in [0, 0.1) is 11.6 Å². The lowest BCUT2D eigenvalue weighted by Crippen LogP contribution is -2.42. The van der Waals surface area contributed by atoms with Crippen molar-refractivity contribution in [3.8, 4) is 0 Å². The van der Waals surface area contributed by atoms with Crippen LogP contribution in [-0.2, 0) is 4.79 Å². The van der Waals surface area contributed by atoms with E-state index in [1.165, 1.54) is 7.05 Å². The fraction of sp³-hybridized carbons (Fsp3) is 0.417. The molecule has 1 rings (SSSR count). The molecule has 0 saturated carbocycles. The number of halogens is 2. The second-order valence-corrected chi connectivity index (χ2v) is 3.93. The molecule has 0 aliphatic heterocycles. The Morgan fingerprint density at radius 1 is 1.44 bits per heavy atom. The third kappa shape index (κ3) is 3.75. The minimum Gasteiger partial charge on any atom is -0.387 e. The summed E-state index contributed by atoms with van der Waals surface area (Å²) in [5, 5.41) is 14.9. The molecular weight excluding hydrogens is 242 g/mol. The summed E-state index contributed by atoms with van der Waals surface area (Å²) >= 11 is 0. The second-order valence-electron chi connectivity index (χ2n) is 3.93. The predicted octanol–water partition coefficient (Wildman–Crippen LogP) is 0.722. The fourth-order valence-corrected chi connectivity index (χ4v) is 1.48. The first-order chi connectivity index (χ1) is 8.45. The number of carbonyl (C=O) groups is 1. The van der Waals surface area contributed by atoms with Crippen LogP contribution in [0.3, 0.4) is 0 Å². The lowest BCUT2D eigenvalue weighted by atomic mass is 10.1. The first-order valence-electron chi connectivity index (χ1n) is 5.53. The standard InChI is InChI=1S/C12H16F2N2O2/c1-7(12(18)15-2)16-6-11(17)9-5-8(13)3-4-10(9)14/h3-5,7,11,16-17H,6H2,1-2H3,(H,15,18). The Hall–Kier alpha value is -1.53. The van der Waals surface area contributed by atoms with Gasteiger partial charge < -0.3 is 15.7 Å². The topological polar surface area (TPSA) is 61.4 Å². The average Bonchev–Trinajstić information content (AvgIpc) is 2.37. The number of carbonyl (C=O) groups excluding carboxylic acids is 1. The maximum absolute atomic E-state index is 13.3. The van der Waals surface area contributed by atoms with E-state index < -0.39 is 23.8 Å². The Morgan fingerprint density at radius 3 is 2.72 bits per heavy atom. The molecule has 18 heavy (non-hydrogen) atoms. The predicted molar refractivity (Wildman–Crippen MR) is 62.8 cm³/mol. The highest BCUT2D eigenvalue weighted by atomic mass is 19.1. The molecule has 1 aromatic rings. The zero-order chi connectivity index (χ0) is 13.7. The molecule has 2 unspecified atom stereocenters. The van der Waals surface area contributed by atoms with Gasteiger partial charge >= 0.3 is 0 Å². The summed E-state index contributed by atoms with van der Waals surface area (Å²) < 4.78 is 26.3. The van der Waals surface area contributed by atoms with Crippen molar-refractivity contribution in [2.75, 3.05) is 13.6 Å². The summed E-state index contributed by atoms with van der Waals surface area (Å²) in [6, 6.07) is 2.34. The minimum atomic E-state index is -1.21. The van der Waals surface area contributed by atoms with Gasteiger partial charge in [0.15, 0.2) is 0 Å². The van der Waals surface area contributed by atoms with Crippen molar-refractivity contribution in [1.29, 1.82) is 0 Å². The monoisotopic (exact) mass is 258 g/mol. The van der Waals surface area contributed by atoms with Crippen LogP contribution in [0.25, 0.3) is 0 Å². The van der Waals surface area contributed by atoms with Gasteiger partial charge in [0.05, 0.1) is 12.1 Å². The Balaban J connectivity index is 2.62. The largest absolute Gasteiger partial charge is 0.387 e. The number of hydrogen-bond acceptors (Lipinski definition) is 3. The van der Waals surface area contributed by atoms with Gasteiger partial charge in [0.25, 0.3) is 0 Å². The van der Waals surface area contributed by atoms with Crippen LogP contribution in [0.1, 0.15) is 18.6 Å². The molecule has 0 heterocycles. The SMILES string of the molecule is CNC(=O)C(C)NCC(O)c1cc(F)ccc1F. The van der Waals surface area contributed by atoms with E-state index in [0.29, 0.717) is 0 Å². The molecule has 100 valence electrons. The Kier molecular flexibility index (Phi) is 5.18. The van der Waals surface area contributed by atoms with Crippen LogP contribution < -0.4 is 10.6 Å². The Bertz CT molecular complexity index is 427. The highest BCUT2D eigenvalue weighted by Gasteiger charge is 2.16. The van der Waals surface area contributed by atoms with E-state index >= 15 is 0 Å². The van der Waals surface area contributed by atoms with Gasteiger partial charge in [-0.2, -0.15) is 0 Å².